The predicted octanol–water partition coefficient (Wildman–Crippen LogP) is 1.48. The van der Waals surface area contributed by atoms with Gasteiger partial charge < -0.3 is 5.32 Å². The van der Waals surface area contributed by atoms with Crippen LogP contribution in [0.3, 0.4) is 0 Å². The van der Waals surface area contributed by atoms with E-state index in [4.69, 9.17) is 0 Å². The standard InChI is InChI=1S/C11H8N2O/c14-11-8-5-7-3-1-2-4-9(7)13-10(8)6-12-11/h1-6,10,13H. The molecule has 1 N–H and O–H groups in total. The molecule has 3 heteroatoms. The molecule has 1 unspecified atom stereocenters. The van der Waals surface area contributed by atoms with Crippen molar-refractivity contribution in [3.63, 3.8) is 0 Å². The number of nitrogens with one attached hydrogen (secondary N) is 1. The Morgan fingerprint density at radius 3 is 3.07 bits per heavy atom. The number of hydrogen-bond donors (Lipinski definition) is 1. The van der Waals surface area contributed by atoms with Crippen molar-refractivity contribution in [3.05, 3.63) is 35.4 Å². The average molecular weight is 184 g/mol. The van der Waals surface area contributed by atoms with Crippen LogP contribution in [0, 0.1) is 0 Å². The van der Waals surface area contributed by atoms with Gasteiger partial charge in [-0.05, 0) is 17.7 Å². The summed E-state index contributed by atoms with van der Waals surface area (Å²) < 4.78 is 0. The van der Waals surface area contributed by atoms with E-state index in [9.17, 15) is 4.79 Å². The number of rotatable bonds is 0. The van der Waals surface area contributed by atoms with E-state index in [1.807, 2.05) is 30.3 Å². The molecular weight excluding hydrogens is 176 g/mol. The summed E-state index contributed by atoms with van der Waals surface area (Å²) in [4.78, 5) is 15.1. The van der Waals surface area contributed by atoms with Gasteiger partial charge in [-0.2, -0.15) is 0 Å². The lowest BCUT2D eigenvalue weighted by molar-refractivity contribution is -0.113. The summed E-state index contributed by atoms with van der Waals surface area (Å²) in [5, 5.41) is 3.25. The quantitative estimate of drug-likeness (QED) is 0.663. The van der Waals surface area contributed by atoms with Crippen LogP contribution in [0.5, 0.6) is 0 Å². The van der Waals surface area contributed by atoms with Crippen molar-refractivity contribution in [1.29, 1.82) is 0 Å². The molecule has 3 rings (SSSR count). The Hall–Kier alpha value is -1.90. The summed E-state index contributed by atoms with van der Waals surface area (Å²) in [7, 11) is 0. The van der Waals surface area contributed by atoms with Crippen LogP contribution in [0.4, 0.5) is 5.69 Å². The summed E-state index contributed by atoms with van der Waals surface area (Å²) in [6, 6.07) is 7.88. The molecule has 1 aromatic carbocycles. The fourth-order valence-electron chi connectivity index (χ4n) is 1.79. The lowest BCUT2D eigenvalue weighted by Crippen LogP contribution is -2.25. The summed E-state index contributed by atoms with van der Waals surface area (Å²) in [6.45, 7) is 0. The number of para-hydroxylation sites is 1. The Balaban J connectivity index is 2.16. The van der Waals surface area contributed by atoms with Gasteiger partial charge in [0.05, 0.1) is 6.04 Å². The molecule has 2 heterocycles. The first kappa shape index (κ1) is 7.50. The smallest absolute Gasteiger partial charge is 0.275 e. The second kappa shape index (κ2) is 2.54. The largest absolute Gasteiger partial charge is 0.373 e. The van der Waals surface area contributed by atoms with Crippen LogP contribution in [0.25, 0.3) is 6.08 Å². The molecular formula is C11H8N2O. The van der Waals surface area contributed by atoms with Gasteiger partial charge in [-0.1, -0.05) is 18.2 Å². The van der Waals surface area contributed by atoms with Gasteiger partial charge in [0.1, 0.15) is 0 Å². The number of amides is 1. The summed E-state index contributed by atoms with van der Waals surface area (Å²) in [6.07, 6.45) is 3.57. The summed E-state index contributed by atoms with van der Waals surface area (Å²) in [5.74, 6) is -0.128. The Morgan fingerprint density at radius 1 is 1.29 bits per heavy atom. The third-order valence-corrected chi connectivity index (χ3v) is 2.51. The van der Waals surface area contributed by atoms with E-state index >= 15 is 0 Å². The second-order valence-corrected chi connectivity index (χ2v) is 3.39. The third-order valence-electron chi connectivity index (χ3n) is 2.51. The first-order chi connectivity index (χ1) is 6.84. The molecule has 1 amide bonds. The number of hydrogen-bond acceptors (Lipinski definition) is 2. The summed E-state index contributed by atoms with van der Waals surface area (Å²) >= 11 is 0. The van der Waals surface area contributed by atoms with E-state index in [1.54, 1.807) is 6.21 Å². The van der Waals surface area contributed by atoms with Crippen molar-refractivity contribution in [2.75, 3.05) is 5.32 Å². The lowest BCUT2D eigenvalue weighted by atomic mass is 10.00. The van der Waals surface area contributed by atoms with Crippen LogP contribution in [0.1, 0.15) is 5.56 Å². The first-order valence-corrected chi connectivity index (χ1v) is 4.50. The molecule has 0 aliphatic carbocycles. The fraction of sp³-hybridized carbons (Fsp3) is 0.0909. The van der Waals surface area contributed by atoms with Crippen LogP contribution in [0.2, 0.25) is 0 Å². The minimum Gasteiger partial charge on any atom is -0.373 e. The number of nitrogens with zero attached hydrogens (tertiary/aromatic N) is 1. The van der Waals surface area contributed by atoms with Crippen molar-refractivity contribution in [2.24, 2.45) is 4.99 Å². The minimum atomic E-state index is -0.128. The number of fused-ring (bicyclic) bond motifs is 2. The first-order valence-electron chi connectivity index (χ1n) is 4.50. The van der Waals surface area contributed by atoms with Crippen LogP contribution in [-0.2, 0) is 4.79 Å². The van der Waals surface area contributed by atoms with E-state index in [1.165, 1.54) is 0 Å². The topological polar surface area (TPSA) is 41.5 Å². The van der Waals surface area contributed by atoms with Crippen LogP contribution >= 0.6 is 0 Å². The Labute approximate surface area is 81.2 Å². The Kier molecular flexibility index (Phi) is 1.36. The molecule has 3 nitrogen and oxygen atoms in total. The van der Waals surface area contributed by atoms with Gasteiger partial charge in [0, 0.05) is 17.5 Å². The Morgan fingerprint density at radius 2 is 2.14 bits per heavy atom. The van der Waals surface area contributed by atoms with Crippen molar-refractivity contribution >= 4 is 23.9 Å². The van der Waals surface area contributed by atoms with Crippen molar-refractivity contribution in [1.82, 2.24) is 0 Å². The fourth-order valence-corrected chi connectivity index (χ4v) is 1.79. The van der Waals surface area contributed by atoms with Crippen LogP contribution in [0.15, 0.2) is 34.8 Å². The molecule has 0 radical (unpaired) electrons. The Bertz CT molecular complexity index is 474. The molecule has 1 atom stereocenters. The number of carbonyl (C=O) groups excluding carboxylic acids is 1. The highest BCUT2D eigenvalue weighted by Crippen LogP contribution is 2.28. The van der Waals surface area contributed by atoms with Gasteiger partial charge in [0.25, 0.3) is 5.91 Å². The number of anilines is 1. The maximum absolute atomic E-state index is 11.3. The third kappa shape index (κ3) is 0.923. The molecule has 68 valence electrons. The van der Waals surface area contributed by atoms with E-state index in [0.29, 0.717) is 0 Å². The van der Waals surface area contributed by atoms with Gasteiger partial charge in [-0.3, -0.25) is 4.79 Å². The number of aliphatic imine (C=N–C) groups is 1. The monoisotopic (exact) mass is 184 g/mol. The van der Waals surface area contributed by atoms with Crippen molar-refractivity contribution < 1.29 is 4.79 Å². The molecule has 0 bridgehead atoms. The lowest BCUT2D eigenvalue weighted by Gasteiger charge is -2.20. The van der Waals surface area contributed by atoms with E-state index in [0.717, 1.165) is 16.8 Å². The van der Waals surface area contributed by atoms with E-state index in [-0.39, 0.29) is 11.9 Å². The van der Waals surface area contributed by atoms with Crippen molar-refractivity contribution in [2.45, 2.75) is 6.04 Å². The van der Waals surface area contributed by atoms with Gasteiger partial charge in [-0.25, -0.2) is 4.99 Å². The van der Waals surface area contributed by atoms with Crippen LogP contribution < -0.4 is 5.32 Å². The molecule has 0 aromatic heterocycles. The van der Waals surface area contributed by atoms with E-state index < -0.39 is 0 Å². The van der Waals surface area contributed by atoms with Gasteiger partial charge >= 0.3 is 0 Å². The molecule has 0 fully saturated rings. The average Bonchev–Trinajstić information content (AvgIpc) is 2.57. The normalized spacial score (nSPS) is 22.4. The highest BCUT2D eigenvalue weighted by molar-refractivity contribution is 6.14. The minimum absolute atomic E-state index is 0.0302. The maximum atomic E-state index is 11.3. The molecule has 2 aliphatic rings. The highest BCUT2D eigenvalue weighted by atomic mass is 16.1. The molecule has 2 aliphatic heterocycles. The zero-order valence-corrected chi connectivity index (χ0v) is 7.40. The molecule has 1 aromatic rings. The highest BCUT2D eigenvalue weighted by Gasteiger charge is 2.28. The molecule has 0 spiro atoms. The zero-order valence-electron chi connectivity index (χ0n) is 7.40. The van der Waals surface area contributed by atoms with Crippen LogP contribution in [-0.4, -0.2) is 18.2 Å². The van der Waals surface area contributed by atoms with Gasteiger partial charge in [-0.15, -0.1) is 0 Å². The molecule has 0 saturated carbocycles. The van der Waals surface area contributed by atoms with Gasteiger partial charge in [0.15, 0.2) is 0 Å². The number of carbonyl (C=O) groups is 1. The van der Waals surface area contributed by atoms with E-state index in [2.05, 4.69) is 10.3 Å². The second-order valence-electron chi connectivity index (χ2n) is 3.39. The number of benzene rings is 1. The molecule has 0 saturated heterocycles. The zero-order chi connectivity index (χ0) is 9.54. The SMILES string of the molecule is O=C1N=CC2Nc3ccccc3C=C12. The molecule has 14 heavy (non-hydrogen) atoms. The maximum Gasteiger partial charge on any atom is 0.275 e. The summed E-state index contributed by atoms with van der Waals surface area (Å²) in [5.41, 5.74) is 2.85. The van der Waals surface area contributed by atoms with Gasteiger partial charge in [0.2, 0.25) is 0 Å². The predicted molar refractivity (Wildman–Crippen MR) is 55.3 cm³/mol. The van der Waals surface area contributed by atoms with Crippen molar-refractivity contribution in [3.8, 4) is 0 Å².